The summed E-state index contributed by atoms with van der Waals surface area (Å²) in [5.41, 5.74) is 0.0707. The van der Waals surface area contributed by atoms with E-state index in [1.807, 2.05) is 0 Å². The number of urea groups is 1. The Morgan fingerprint density at radius 2 is 2.00 bits per heavy atom. The smallest absolute Gasteiger partial charge is 0.318 e. The van der Waals surface area contributed by atoms with Crippen molar-refractivity contribution in [3.05, 3.63) is 35.7 Å². The topological polar surface area (TPSA) is 71.3 Å². The molecule has 1 aromatic carbocycles. The van der Waals surface area contributed by atoms with E-state index in [9.17, 15) is 13.6 Å². The average molecular weight is 362 g/mol. The van der Waals surface area contributed by atoms with E-state index in [-0.39, 0.29) is 35.4 Å². The lowest BCUT2D eigenvalue weighted by Gasteiger charge is -2.24. The third-order valence-electron chi connectivity index (χ3n) is 5.10. The molecule has 1 unspecified atom stereocenters. The SMILES string of the molecule is O=C(NC1CCCC1)N1CCCC1c1nc(-c2ccc(F)cc2F)no1. The molecule has 0 bridgehead atoms. The maximum atomic E-state index is 13.9. The van der Waals surface area contributed by atoms with Gasteiger partial charge < -0.3 is 14.7 Å². The first kappa shape index (κ1) is 16.9. The second-order valence-electron chi connectivity index (χ2n) is 6.86. The van der Waals surface area contributed by atoms with Crippen LogP contribution in [0.4, 0.5) is 13.6 Å². The number of hydrogen-bond donors (Lipinski definition) is 1. The summed E-state index contributed by atoms with van der Waals surface area (Å²) in [5.74, 6) is -1.08. The Bertz CT molecular complexity index is 804. The van der Waals surface area contributed by atoms with E-state index in [2.05, 4.69) is 15.5 Å². The maximum Gasteiger partial charge on any atom is 0.318 e. The summed E-state index contributed by atoms with van der Waals surface area (Å²) in [6.07, 6.45) is 5.86. The van der Waals surface area contributed by atoms with Gasteiger partial charge in [0.15, 0.2) is 0 Å². The zero-order chi connectivity index (χ0) is 18.1. The van der Waals surface area contributed by atoms with Crippen LogP contribution in [0.15, 0.2) is 22.7 Å². The Morgan fingerprint density at radius 1 is 1.19 bits per heavy atom. The van der Waals surface area contributed by atoms with Crippen molar-refractivity contribution in [3.8, 4) is 11.4 Å². The van der Waals surface area contributed by atoms with E-state index in [1.165, 1.54) is 6.07 Å². The molecule has 1 aromatic heterocycles. The summed E-state index contributed by atoms with van der Waals surface area (Å²) >= 11 is 0. The monoisotopic (exact) mass is 362 g/mol. The summed E-state index contributed by atoms with van der Waals surface area (Å²) in [5, 5.41) is 6.88. The average Bonchev–Trinajstić information content (AvgIpc) is 3.35. The first-order chi connectivity index (χ1) is 12.6. The number of aromatic nitrogens is 2. The molecule has 1 aliphatic carbocycles. The lowest BCUT2D eigenvalue weighted by atomic mass is 10.2. The van der Waals surface area contributed by atoms with Crippen molar-refractivity contribution in [1.29, 1.82) is 0 Å². The normalized spacial score (nSPS) is 20.7. The lowest BCUT2D eigenvalue weighted by Crippen LogP contribution is -2.43. The standard InChI is InChI=1S/C18H20F2N4O2/c19-11-7-8-13(14(20)10-11)16-22-17(26-23-16)15-6-3-9-24(15)18(25)21-12-4-1-2-5-12/h7-8,10,12,15H,1-6,9H2,(H,21,25). The van der Waals surface area contributed by atoms with Crippen LogP contribution in [0.1, 0.15) is 50.5 Å². The van der Waals surface area contributed by atoms with Crippen molar-refractivity contribution in [3.63, 3.8) is 0 Å². The minimum Gasteiger partial charge on any atom is -0.337 e. The highest BCUT2D eigenvalue weighted by Gasteiger charge is 2.35. The highest BCUT2D eigenvalue weighted by atomic mass is 19.1. The summed E-state index contributed by atoms with van der Waals surface area (Å²) in [6, 6.07) is 3.00. The molecule has 4 rings (SSSR count). The van der Waals surface area contributed by atoms with E-state index in [0.717, 1.165) is 44.2 Å². The van der Waals surface area contributed by atoms with Crippen LogP contribution in [0.25, 0.3) is 11.4 Å². The Kier molecular flexibility index (Phi) is 4.57. The molecule has 2 heterocycles. The fraction of sp³-hybridized carbons (Fsp3) is 0.500. The van der Waals surface area contributed by atoms with Crippen LogP contribution in [-0.4, -0.2) is 33.7 Å². The second-order valence-corrected chi connectivity index (χ2v) is 6.86. The summed E-state index contributed by atoms with van der Waals surface area (Å²) in [6.45, 7) is 0.617. The molecule has 1 saturated heterocycles. The highest BCUT2D eigenvalue weighted by molar-refractivity contribution is 5.75. The number of amides is 2. The van der Waals surface area contributed by atoms with Crippen molar-refractivity contribution in [2.24, 2.45) is 0 Å². The zero-order valence-electron chi connectivity index (χ0n) is 14.3. The molecule has 1 aliphatic heterocycles. The van der Waals surface area contributed by atoms with E-state index in [0.29, 0.717) is 13.0 Å². The van der Waals surface area contributed by atoms with Gasteiger partial charge >= 0.3 is 6.03 Å². The third-order valence-corrected chi connectivity index (χ3v) is 5.10. The molecule has 6 nitrogen and oxygen atoms in total. The van der Waals surface area contributed by atoms with Crippen molar-refractivity contribution >= 4 is 6.03 Å². The van der Waals surface area contributed by atoms with Gasteiger partial charge in [0.25, 0.3) is 0 Å². The molecule has 0 radical (unpaired) electrons. The number of carbonyl (C=O) groups excluding carboxylic acids is 1. The fourth-order valence-electron chi connectivity index (χ4n) is 3.74. The van der Waals surface area contributed by atoms with E-state index < -0.39 is 11.6 Å². The van der Waals surface area contributed by atoms with Crippen molar-refractivity contribution in [2.75, 3.05) is 6.54 Å². The van der Waals surface area contributed by atoms with Gasteiger partial charge in [0.1, 0.15) is 17.7 Å². The minimum atomic E-state index is -0.750. The zero-order valence-corrected chi connectivity index (χ0v) is 14.3. The van der Waals surface area contributed by atoms with E-state index in [4.69, 9.17) is 4.52 Å². The molecular formula is C18H20F2N4O2. The quantitative estimate of drug-likeness (QED) is 0.901. The molecule has 1 saturated carbocycles. The molecule has 1 atom stereocenters. The van der Waals surface area contributed by atoms with Gasteiger partial charge in [-0.05, 0) is 37.8 Å². The van der Waals surface area contributed by atoms with Gasteiger partial charge in [-0.2, -0.15) is 4.98 Å². The van der Waals surface area contributed by atoms with E-state index >= 15 is 0 Å². The Labute approximate surface area is 149 Å². The number of hydrogen-bond acceptors (Lipinski definition) is 4. The van der Waals surface area contributed by atoms with Gasteiger partial charge in [-0.3, -0.25) is 0 Å². The number of benzene rings is 1. The first-order valence-corrected chi connectivity index (χ1v) is 8.98. The number of nitrogens with one attached hydrogen (secondary N) is 1. The molecule has 1 N–H and O–H groups in total. The second kappa shape index (κ2) is 7.01. The largest absolute Gasteiger partial charge is 0.337 e. The number of carbonyl (C=O) groups is 1. The predicted molar refractivity (Wildman–Crippen MR) is 89.1 cm³/mol. The summed E-state index contributed by atoms with van der Waals surface area (Å²) in [7, 11) is 0. The summed E-state index contributed by atoms with van der Waals surface area (Å²) in [4.78, 5) is 18.5. The van der Waals surface area contributed by atoms with Gasteiger partial charge in [0, 0.05) is 18.7 Å². The molecule has 8 heteroatoms. The molecule has 2 aromatic rings. The number of halogens is 2. The lowest BCUT2D eigenvalue weighted by molar-refractivity contribution is 0.177. The minimum absolute atomic E-state index is 0.0561. The number of nitrogens with zero attached hydrogens (tertiary/aromatic N) is 3. The Morgan fingerprint density at radius 3 is 2.77 bits per heavy atom. The van der Waals surface area contributed by atoms with Crippen molar-refractivity contribution in [2.45, 2.75) is 50.6 Å². The van der Waals surface area contributed by atoms with Crippen LogP contribution in [0, 0.1) is 11.6 Å². The highest BCUT2D eigenvalue weighted by Crippen LogP contribution is 2.33. The first-order valence-electron chi connectivity index (χ1n) is 8.98. The van der Waals surface area contributed by atoms with Gasteiger partial charge in [-0.25, -0.2) is 13.6 Å². The fourth-order valence-corrected chi connectivity index (χ4v) is 3.74. The van der Waals surface area contributed by atoms with E-state index in [1.54, 1.807) is 4.90 Å². The van der Waals surface area contributed by atoms with Crippen molar-refractivity contribution < 1.29 is 18.1 Å². The maximum absolute atomic E-state index is 13.9. The summed E-state index contributed by atoms with van der Waals surface area (Å²) < 4.78 is 32.3. The van der Waals surface area contributed by atoms with Gasteiger partial charge in [-0.1, -0.05) is 18.0 Å². The van der Waals surface area contributed by atoms with Crippen LogP contribution in [0.3, 0.4) is 0 Å². The van der Waals surface area contributed by atoms with Gasteiger partial charge in [-0.15, -0.1) is 0 Å². The Balaban J connectivity index is 1.51. The molecule has 138 valence electrons. The molecule has 2 amide bonds. The van der Waals surface area contributed by atoms with Crippen LogP contribution < -0.4 is 5.32 Å². The molecule has 0 spiro atoms. The molecular weight excluding hydrogens is 342 g/mol. The van der Waals surface area contributed by atoms with Crippen LogP contribution in [0.5, 0.6) is 0 Å². The van der Waals surface area contributed by atoms with Gasteiger partial charge in [0.05, 0.1) is 5.56 Å². The molecule has 26 heavy (non-hydrogen) atoms. The van der Waals surface area contributed by atoms with Crippen LogP contribution in [0.2, 0.25) is 0 Å². The predicted octanol–water partition coefficient (Wildman–Crippen LogP) is 3.80. The van der Waals surface area contributed by atoms with Crippen LogP contribution in [-0.2, 0) is 0 Å². The van der Waals surface area contributed by atoms with Gasteiger partial charge in [0.2, 0.25) is 11.7 Å². The number of rotatable bonds is 3. The third kappa shape index (κ3) is 3.27. The van der Waals surface area contributed by atoms with Crippen molar-refractivity contribution in [1.82, 2.24) is 20.4 Å². The number of likely N-dealkylation sites (tertiary alicyclic amines) is 1. The molecule has 2 aliphatic rings. The van der Waals surface area contributed by atoms with Crippen LogP contribution >= 0.6 is 0 Å². The Hall–Kier alpha value is -2.51. The molecule has 2 fully saturated rings.